The summed E-state index contributed by atoms with van der Waals surface area (Å²) in [7, 11) is 0. The van der Waals surface area contributed by atoms with Gasteiger partial charge in [-0.25, -0.2) is 0 Å². The summed E-state index contributed by atoms with van der Waals surface area (Å²) in [5.41, 5.74) is 0.529. The van der Waals surface area contributed by atoms with E-state index in [9.17, 15) is 19.7 Å². The molecule has 0 unspecified atom stereocenters. The molecule has 0 aliphatic carbocycles. The number of hydrogen-bond donors (Lipinski definition) is 1. The molecule has 0 fully saturated rings. The van der Waals surface area contributed by atoms with E-state index in [0.29, 0.717) is 5.56 Å². The monoisotopic (exact) mass is 308 g/mol. The number of carbonyl (C=O) groups is 2. The van der Waals surface area contributed by atoms with Gasteiger partial charge in [0.15, 0.2) is 0 Å². The number of hydrogen-bond acceptors (Lipinski definition) is 4. The molecule has 0 aromatic heterocycles. The first-order valence-electron chi connectivity index (χ1n) is 6.96. The molecule has 22 heavy (non-hydrogen) atoms. The minimum absolute atomic E-state index is 0.0511. The first kappa shape index (κ1) is 17.6. The summed E-state index contributed by atoms with van der Waals surface area (Å²) < 4.78 is 0. The molecule has 1 aromatic rings. The maximum absolute atomic E-state index is 12.4. The molecule has 0 spiro atoms. The van der Waals surface area contributed by atoms with Crippen molar-refractivity contribution in [3.05, 3.63) is 39.4 Å². The Balaban J connectivity index is 3.25. The molecule has 0 saturated carbocycles. The highest BCUT2D eigenvalue weighted by atomic mass is 16.6. The third-order valence-electron chi connectivity index (χ3n) is 3.29. The van der Waals surface area contributed by atoms with Crippen LogP contribution in [0.4, 0.5) is 5.69 Å². The van der Waals surface area contributed by atoms with Crippen LogP contribution >= 0.6 is 0 Å². The number of amides is 1. The molecule has 0 heterocycles. The molecule has 1 aromatic carbocycles. The highest BCUT2D eigenvalue weighted by Gasteiger charge is 2.25. The van der Waals surface area contributed by atoms with Gasteiger partial charge in [0.2, 0.25) is 0 Å². The van der Waals surface area contributed by atoms with Crippen molar-refractivity contribution in [3.8, 4) is 0 Å². The van der Waals surface area contributed by atoms with Crippen LogP contribution in [0.15, 0.2) is 18.2 Å². The van der Waals surface area contributed by atoms with E-state index in [2.05, 4.69) is 0 Å². The number of carboxylic acids is 1. The van der Waals surface area contributed by atoms with Crippen LogP contribution in [0.1, 0.15) is 49.5 Å². The predicted octanol–water partition coefficient (Wildman–Crippen LogP) is 2.65. The van der Waals surface area contributed by atoms with E-state index in [1.165, 1.54) is 12.1 Å². The van der Waals surface area contributed by atoms with Gasteiger partial charge in [0.25, 0.3) is 11.6 Å². The van der Waals surface area contributed by atoms with Crippen LogP contribution in [0.3, 0.4) is 0 Å². The SMILES string of the molecule is CC(C)c1ccc(C(=O)N(CC(=O)O)C(C)C)cc1[N+](=O)[O-]. The molecule has 0 bridgehead atoms. The third-order valence-corrected chi connectivity index (χ3v) is 3.29. The lowest BCUT2D eigenvalue weighted by molar-refractivity contribution is -0.385. The van der Waals surface area contributed by atoms with Crippen LogP contribution in [0.5, 0.6) is 0 Å². The smallest absolute Gasteiger partial charge is 0.323 e. The van der Waals surface area contributed by atoms with Gasteiger partial charge in [0.05, 0.1) is 4.92 Å². The van der Waals surface area contributed by atoms with Gasteiger partial charge in [-0.15, -0.1) is 0 Å². The quantitative estimate of drug-likeness (QED) is 0.643. The molecule has 0 saturated heterocycles. The van der Waals surface area contributed by atoms with Gasteiger partial charge < -0.3 is 10.0 Å². The van der Waals surface area contributed by atoms with Gasteiger partial charge in [-0.1, -0.05) is 19.9 Å². The van der Waals surface area contributed by atoms with E-state index in [1.54, 1.807) is 19.9 Å². The van der Waals surface area contributed by atoms with Crippen LogP contribution in [-0.4, -0.2) is 39.4 Å². The van der Waals surface area contributed by atoms with Gasteiger partial charge in [0.1, 0.15) is 6.54 Å². The van der Waals surface area contributed by atoms with E-state index < -0.39 is 23.3 Å². The van der Waals surface area contributed by atoms with Crippen molar-refractivity contribution in [2.24, 2.45) is 0 Å². The van der Waals surface area contributed by atoms with Crippen LogP contribution in [0.2, 0.25) is 0 Å². The molecule has 0 aliphatic rings. The Morgan fingerprint density at radius 1 is 1.27 bits per heavy atom. The second kappa shape index (κ2) is 7.02. The van der Waals surface area contributed by atoms with Crippen LogP contribution in [0, 0.1) is 10.1 Å². The third kappa shape index (κ3) is 4.03. The summed E-state index contributed by atoms with van der Waals surface area (Å²) in [6.45, 7) is 6.59. The van der Waals surface area contributed by atoms with Crippen molar-refractivity contribution in [1.29, 1.82) is 0 Å². The summed E-state index contributed by atoms with van der Waals surface area (Å²) in [6, 6.07) is 3.94. The Morgan fingerprint density at radius 3 is 2.27 bits per heavy atom. The lowest BCUT2D eigenvalue weighted by Gasteiger charge is -2.25. The van der Waals surface area contributed by atoms with Crippen molar-refractivity contribution < 1.29 is 19.6 Å². The van der Waals surface area contributed by atoms with Crippen molar-refractivity contribution >= 4 is 17.6 Å². The Bertz CT molecular complexity index is 596. The van der Waals surface area contributed by atoms with E-state index in [1.807, 2.05) is 13.8 Å². The van der Waals surface area contributed by atoms with Crippen molar-refractivity contribution in [3.63, 3.8) is 0 Å². The topological polar surface area (TPSA) is 101 Å². The first-order valence-corrected chi connectivity index (χ1v) is 6.96. The lowest BCUT2D eigenvalue weighted by atomic mass is 9.99. The molecule has 0 radical (unpaired) electrons. The van der Waals surface area contributed by atoms with Gasteiger partial charge in [-0.3, -0.25) is 19.7 Å². The number of nitro benzene ring substituents is 1. The van der Waals surface area contributed by atoms with Crippen molar-refractivity contribution in [2.45, 2.75) is 39.7 Å². The second-order valence-corrected chi connectivity index (χ2v) is 5.61. The number of benzene rings is 1. The zero-order valence-electron chi connectivity index (χ0n) is 13.1. The number of aliphatic carboxylic acids is 1. The van der Waals surface area contributed by atoms with E-state index in [0.717, 1.165) is 4.90 Å². The highest BCUT2D eigenvalue weighted by molar-refractivity contribution is 5.96. The summed E-state index contributed by atoms with van der Waals surface area (Å²) in [5.74, 6) is -1.71. The Labute approximate surface area is 128 Å². The maximum atomic E-state index is 12.4. The highest BCUT2D eigenvalue weighted by Crippen LogP contribution is 2.27. The standard InChI is InChI=1S/C15H20N2O5/c1-9(2)12-6-5-11(7-13(12)17(21)22)15(20)16(10(3)4)8-14(18)19/h5-7,9-10H,8H2,1-4H3,(H,18,19). The normalized spacial score (nSPS) is 10.8. The molecule has 1 rings (SSSR count). The minimum atomic E-state index is -1.13. The van der Waals surface area contributed by atoms with Gasteiger partial charge in [-0.05, 0) is 25.8 Å². The molecule has 120 valence electrons. The number of rotatable bonds is 6. The summed E-state index contributed by atoms with van der Waals surface area (Å²) in [4.78, 5) is 35.1. The molecule has 1 N–H and O–H groups in total. The summed E-state index contributed by atoms with van der Waals surface area (Å²) >= 11 is 0. The number of nitro groups is 1. The molecule has 7 nitrogen and oxygen atoms in total. The zero-order valence-corrected chi connectivity index (χ0v) is 13.1. The van der Waals surface area contributed by atoms with Crippen LogP contribution in [-0.2, 0) is 4.79 Å². The van der Waals surface area contributed by atoms with E-state index in [-0.39, 0.29) is 23.2 Å². The zero-order chi connectivity index (χ0) is 17.0. The number of carbonyl (C=O) groups excluding carboxylic acids is 1. The maximum Gasteiger partial charge on any atom is 0.323 e. The fraction of sp³-hybridized carbons (Fsp3) is 0.467. The summed E-state index contributed by atoms with van der Waals surface area (Å²) in [5, 5.41) is 20.1. The first-order chi connectivity index (χ1) is 10.1. The average molecular weight is 308 g/mol. The Hall–Kier alpha value is -2.44. The second-order valence-electron chi connectivity index (χ2n) is 5.61. The van der Waals surface area contributed by atoms with Gasteiger partial charge in [0, 0.05) is 23.2 Å². The largest absolute Gasteiger partial charge is 0.480 e. The lowest BCUT2D eigenvalue weighted by Crippen LogP contribution is -2.40. The fourth-order valence-corrected chi connectivity index (χ4v) is 2.12. The average Bonchev–Trinajstić information content (AvgIpc) is 2.42. The van der Waals surface area contributed by atoms with E-state index >= 15 is 0 Å². The number of carboxylic acid groups (broad SMARTS) is 1. The van der Waals surface area contributed by atoms with Crippen molar-refractivity contribution in [1.82, 2.24) is 4.90 Å². The Morgan fingerprint density at radius 2 is 1.86 bits per heavy atom. The Kier molecular flexibility index (Phi) is 5.62. The van der Waals surface area contributed by atoms with Crippen LogP contribution < -0.4 is 0 Å². The molecule has 7 heteroatoms. The fourth-order valence-electron chi connectivity index (χ4n) is 2.12. The van der Waals surface area contributed by atoms with Crippen molar-refractivity contribution in [2.75, 3.05) is 6.54 Å². The van der Waals surface area contributed by atoms with Gasteiger partial charge >= 0.3 is 5.97 Å². The molecular weight excluding hydrogens is 288 g/mol. The predicted molar refractivity (Wildman–Crippen MR) is 81.0 cm³/mol. The molecule has 0 aliphatic heterocycles. The number of nitrogens with zero attached hydrogens (tertiary/aromatic N) is 2. The molecule has 1 amide bonds. The van der Waals surface area contributed by atoms with Crippen LogP contribution in [0.25, 0.3) is 0 Å². The molecular formula is C15H20N2O5. The minimum Gasteiger partial charge on any atom is -0.480 e. The summed E-state index contributed by atoms with van der Waals surface area (Å²) in [6.07, 6.45) is 0. The van der Waals surface area contributed by atoms with Gasteiger partial charge in [-0.2, -0.15) is 0 Å². The molecule has 0 atom stereocenters. The van der Waals surface area contributed by atoms with E-state index in [4.69, 9.17) is 5.11 Å².